The van der Waals surface area contributed by atoms with Gasteiger partial charge in [-0.15, -0.1) is 0 Å². The van der Waals surface area contributed by atoms with Crippen molar-refractivity contribution in [2.45, 2.75) is 37.9 Å². The molecular weight excluding hydrogens is 508 g/mol. The highest BCUT2D eigenvalue weighted by Crippen LogP contribution is 2.20. The molecule has 0 bridgehead atoms. The Bertz CT molecular complexity index is 921. The normalized spacial score (nSPS) is 16.8. The van der Waals surface area contributed by atoms with Gasteiger partial charge in [0.05, 0.1) is 31.3 Å². The van der Waals surface area contributed by atoms with Crippen molar-refractivity contribution in [3.8, 4) is 0 Å². The van der Waals surface area contributed by atoms with Crippen LogP contribution in [0.4, 0.5) is 11.4 Å². The first-order chi connectivity index (χ1) is 17.0. The van der Waals surface area contributed by atoms with E-state index in [0.29, 0.717) is 6.42 Å². The predicted molar refractivity (Wildman–Crippen MR) is 146 cm³/mol. The van der Waals surface area contributed by atoms with E-state index in [1.807, 2.05) is 62.4 Å². The summed E-state index contributed by atoms with van der Waals surface area (Å²) in [5, 5.41) is 0. The number of hydrogen-bond acceptors (Lipinski definition) is 6. The van der Waals surface area contributed by atoms with Gasteiger partial charge in [-0.1, -0.05) is 29.8 Å². The molecule has 2 aliphatic heterocycles. The molecule has 7 heteroatoms. The van der Waals surface area contributed by atoms with E-state index in [4.69, 9.17) is 9.47 Å². The van der Waals surface area contributed by atoms with Crippen LogP contribution in [0.3, 0.4) is 0 Å². The number of carbonyl (C=O) groups is 2. The van der Waals surface area contributed by atoms with Crippen molar-refractivity contribution in [3.05, 3.63) is 59.7 Å². The summed E-state index contributed by atoms with van der Waals surface area (Å²) in [5.74, 6) is 0.395. The van der Waals surface area contributed by atoms with Crippen LogP contribution in [0.2, 0.25) is 0 Å². The number of alkyl halides is 1. The van der Waals surface area contributed by atoms with Crippen LogP contribution in [-0.2, 0) is 9.47 Å². The third-order valence-corrected chi connectivity index (χ3v) is 7.28. The first kappa shape index (κ1) is 27.4. The van der Waals surface area contributed by atoms with Gasteiger partial charge in [0.1, 0.15) is 0 Å². The molecule has 2 aromatic rings. The molecule has 0 aromatic heterocycles. The molecule has 2 heterocycles. The van der Waals surface area contributed by atoms with Crippen molar-refractivity contribution in [1.29, 1.82) is 0 Å². The van der Waals surface area contributed by atoms with Crippen LogP contribution in [0, 0.1) is 0 Å². The molecule has 1 unspecified atom stereocenters. The van der Waals surface area contributed by atoms with Crippen LogP contribution < -0.4 is 9.80 Å². The summed E-state index contributed by atoms with van der Waals surface area (Å²) in [6.07, 6.45) is 2.35. The second-order valence-corrected chi connectivity index (χ2v) is 9.81. The lowest BCUT2D eigenvalue weighted by Gasteiger charge is -2.28. The maximum atomic E-state index is 12.0. The van der Waals surface area contributed by atoms with Crippen molar-refractivity contribution in [2.75, 3.05) is 62.4 Å². The van der Waals surface area contributed by atoms with E-state index in [1.54, 1.807) is 0 Å². The molecule has 0 N–H and O–H groups in total. The number of hydrogen-bond donors (Lipinski definition) is 0. The highest BCUT2D eigenvalue weighted by molar-refractivity contribution is 9.10. The quantitative estimate of drug-likeness (QED) is 0.328. The molecule has 4 rings (SSSR count). The summed E-state index contributed by atoms with van der Waals surface area (Å²) in [6, 6.07) is 15.8. The van der Waals surface area contributed by atoms with Crippen molar-refractivity contribution in [2.24, 2.45) is 0 Å². The lowest BCUT2D eigenvalue weighted by molar-refractivity contribution is 0.0977. The molecule has 190 valence electrons. The van der Waals surface area contributed by atoms with Crippen molar-refractivity contribution in [3.63, 3.8) is 0 Å². The van der Waals surface area contributed by atoms with E-state index in [0.717, 1.165) is 82.3 Å². The monoisotopic (exact) mass is 544 g/mol. The maximum Gasteiger partial charge on any atom is 0.176 e. The number of halogens is 1. The van der Waals surface area contributed by atoms with Gasteiger partial charge >= 0.3 is 0 Å². The second kappa shape index (κ2) is 14.4. The Morgan fingerprint density at radius 3 is 1.60 bits per heavy atom. The second-order valence-electron chi connectivity index (χ2n) is 8.71. The molecule has 2 fully saturated rings. The molecule has 0 radical (unpaired) electrons. The lowest BCUT2D eigenvalue weighted by atomic mass is 10.1. The van der Waals surface area contributed by atoms with E-state index < -0.39 is 0 Å². The molecular formula is C28H37BrN2O4. The number of anilines is 2. The largest absolute Gasteiger partial charge is 0.378 e. The number of Topliss-reactive ketones (excluding diaryl/α,β-unsaturated/α-hetero) is 2. The average Bonchev–Trinajstić information content (AvgIpc) is 2.94. The zero-order valence-corrected chi connectivity index (χ0v) is 22.5. The zero-order valence-electron chi connectivity index (χ0n) is 20.9. The summed E-state index contributed by atoms with van der Waals surface area (Å²) < 4.78 is 10.6. The van der Waals surface area contributed by atoms with Crippen molar-refractivity contribution < 1.29 is 19.1 Å². The summed E-state index contributed by atoms with van der Waals surface area (Å²) in [7, 11) is 0. The fourth-order valence-corrected chi connectivity index (χ4v) is 4.34. The van der Waals surface area contributed by atoms with E-state index in [2.05, 4.69) is 25.7 Å². The van der Waals surface area contributed by atoms with Gasteiger partial charge in [0, 0.05) is 55.1 Å². The molecule has 0 spiro atoms. The number of benzene rings is 2. The SMILES string of the molecule is CCC(Br)C(=O)c1ccc(N2CCOCC2)cc1.CCCC(=O)c1ccc(N2CCOCC2)cc1. The van der Waals surface area contributed by atoms with Crippen LogP contribution in [0.1, 0.15) is 53.8 Å². The molecule has 1 atom stereocenters. The van der Waals surface area contributed by atoms with Crippen LogP contribution >= 0.6 is 15.9 Å². The predicted octanol–water partition coefficient (Wildman–Crippen LogP) is 5.39. The molecule has 2 aliphatic rings. The summed E-state index contributed by atoms with van der Waals surface area (Å²) >= 11 is 3.40. The van der Waals surface area contributed by atoms with Crippen LogP contribution in [0.15, 0.2) is 48.5 Å². The van der Waals surface area contributed by atoms with Gasteiger partial charge in [-0.05, 0) is 61.4 Å². The van der Waals surface area contributed by atoms with E-state index in [1.165, 1.54) is 5.69 Å². The fraction of sp³-hybridized carbons (Fsp3) is 0.500. The first-order valence-corrected chi connectivity index (χ1v) is 13.5. The van der Waals surface area contributed by atoms with E-state index in [-0.39, 0.29) is 16.4 Å². The van der Waals surface area contributed by atoms with Crippen molar-refractivity contribution >= 4 is 38.9 Å². The van der Waals surface area contributed by atoms with E-state index in [9.17, 15) is 9.59 Å². The molecule has 6 nitrogen and oxygen atoms in total. The van der Waals surface area contributed by atoms with Gasteiger partial charge in [0.25, 0.3) is 0 Å². The lowest BCUT2D eigenvalue weighted by Crippen LogP contribution is -2.36. The molecule has 2 saturated heterocycles. The van der Waals surface area contributed by atoms with Gasteiger partial charge in [-0.2, -0.15) is 0 Å². The minimum atomic E-state index is -0.0771. The molecule has 0 saturated carbocycles. The van der Waals surface area contributed by atoms with Gasteiger partial charge < -0.3 is 19.3 Å². The molecule has 35 heavy (non-hydrogen) atoms. The van der Waals surface area contributed by atoms with Crippen LogP contribution in [-0.4, -0.2) is 69.0 Å². The number of carbonyl (C=O) groups excluding carboxylic acids is 2. The number of rotatable bonds is 8. The van der Waals surface area contributed by atoms with Gasteiger partial charge in [-0.3, -0.25) is 9.59 Å². The Morgan fingerprint density at radius 2 is 1.20 bits per heavy atom. The Labute approximate surface area is 217 Å². The minimum absolute atomic E-state index is 0.0771. The third-order valence-electron chi connectivity index (χ3n) is 6.21. The van der Waals surface area contributed by atoms with Crippen LogP contribution in [0.5, 0.6) is 0 Å². The average molecular weight is 546 g/mol. The third kappa shape index (κ3) is 8.16. The Balaban J connectivity index is 0.000000196. The standard InChI is InChI=1S/C14H18BrNO2.C14H19NO2/c1-2-13(15)14(17)11-3-5-12(6-4-11)16-7-9-18-10-8-16;1-2-3-14(16)12-4-6-13(7-5-12)15-8-10-17-11-9-15/h3-6,13H,2,7-10H2,1H3;4-7H,2-3,8-11H2,1H3. The van der Waals surface area contributed by atoms with Gasteiger partial charge in [0.15, 0.2) is 11.6 Å². The number of nitrogens with zero attached hydrogens (tertiary/aromatic N) is 2. The minimum Gasteiger partial charge on any atom is -0.378 e. The Kier molecular flexibility index (Phi) is 11.2. The fourth-order valence-electron chi connectivity index (χ4n) is 4.08. The number of ketones is 2. The topological polar surface area (TPSA) is 59.1 Å². The smallest absolute Gasteiger partial charge is 0.176 e. The highest BCUT2D eigenvalue weighted by Gasteiger charge is 2.16. The summed E-state index contributed by atoms with van der Waals surface area (Å²) in [5.41, 5.74) is 3.94. The summed E-state index contributed by atoms with van der Waals surface area (Å²) in [6.45, 7) is 10.9. The molecule has 2 aromatic carbocycles. The first-order valence-electron chi connectivity index (χ1n) is 12.6. The maximum absolute atomic E-state index is 12.0. The molecule has 0 aliphatic carbocycles. The Morgan fingerprint density at radius 1 is 0.771 bits per heavy atom. The van der Waals surface area contributed by atoms with Gasteiger partial charge in [0.2, 0.25) is 0 Å². The molecule has 0 amide bonds. The summed E-state index contributed by atoms with van der Waals surface area (Å²) in [4.78, 5) is 28.2. The van der Waals surface area contributed by atoms with Gasteiger partial charge in [-0.25, -0.2) is 0 Å². The van der Waals surface area contributed by atoms with Crippen molar-refractivity contribution in [1.82, 2.24) is 0 Å². The number of ether oxygens (including phenoxy) is 2. The Hall–Kier alpha value is -2.22. The highest BCUT2D eigenvalue weighted by atomic mass is 79.9. The van der Waals surface area contributed by atoms with E-state index >= 15 is 0 Å². The zero-order chi connectivity index (χ0) is 25.0. The van der Waals surface area contributed by atoms with Crippen LogP contribution in [0.25, 0.3) is 0 Å². The number of morpholine rings is 2.